The highest BCUT2D eigenvalue weighted by atomic mass is 19.4. The summed E-state index contributed by atoms with van der Waals surface area (Å²) in [6.45, 7) is 0. The van der Waals surface area contributed by atoms with Crippen LogP contribution in [0.1, 0.15) is 5.56 Å². The van der Waals surface area contributed by atoms with Crippen molar-refractivity contribution in [3.63, 3.8) is 0 Å². The Kier molecular flexibility index (Phi) is 2.03. The van der Waals surface area contributed by atoms with Gasteiger partial charge in [0.15, 0.2) is 0 Å². The summed E-state index contributed by atoms with van der Waals surface area (Å²) in [5, 5.41) is -0.0268. The fraction of sp³-hybridized carbons (Fsp3) is 0.100. The number of hydrogen-bond acceptors (Lipinski definition) is 1. The average Bonchev–Trinajstić information content (AvgIpc) is 2.17. The van der Waals surface area contributed by atoms with Gasteiger partial charge in [-0.3, -0.25) is 4.79 Å². The number of aromatic nitrogens is 1. The number of hydrogen-bond donors (Lipinski definition) is 1. The van der Waals surface area contributed by atoms with Crippen LogP contribution in [0.3, 0.4) is 0 Å². The predicted octanol–water partition coefficient (Wildman–Crippen LogP) is 2.55. The summed E-state index contributed by atoms with van der Waals surface area (Å²) in [5.41, 5.74) is -1.34. The Morgan fingerprint density at radius 3 is 2.27 bits per heavy atom. The minimum atomic E-state index is -4.45. The molecule has 0 fully saturated rings. The predicted molar refractivity (Wildman–Crippen MR) is 49.6 cm³/mol. The molecule has 2 rings (SSSR count). The van der Waals surface area contributed by atoms with Crippen molar-refractivity contribution in [3.8, 4) is 0 Å². The lowest BCUT2D eigenvalue weighted by atomic mass is 10.1. The zero-order chi connectivity index (χ0) is 11.1. The molecule has 1 aromatic heterocycles. The third-order valence-corrected chi connectivity index (χ3v) is 2.11. The molecule has 2 nitrogen and oxygen atoms in total. The number of alkyl halides is 3. The van der Waals surface area contributed by atoms with E-state index >= 15 is 0 Å². The minimum Gasteiger partial charge on any atom is -0.328 e. The molecule has 0 spiro atoms. The number of H-pyrrole nitrogens is 1. The van der Waals surface area contributed by atoms with E-state index in [1.165, 1.54) is 24.3 Å². The summed E-state index contributed by atoms with van der Waals surface area (Å²) < 4.78 is 37.6. The van der Waals surface area contributed by atoms with Crippen LogP contribution in [-0.4, -0.2) is 4.98 Å². The van der Waals surface area contributed by atoms with Crippen molar-refractivity contribution in [2.45, 2.75) is 6.18 Å². The molecule has 2 aromatic rings. The van der Waals surface area contributed by atoms with Gasteiger partial charge in [0.25, 0.3) is 5.56 Å². The molecule has 0 aliphatic carbocycles. The molecule has 0 aliphatic heterocycles. The number of benzene rings is 1. The Morgan fingerprint density at radius 2 is 1.67 bits per heavy atom. The van der Waals surface area contributed by atoms with Crippen LogP contribution >= 0.6 is 0 Å². The zero-order valence-corrected chi connectivity index (χ0v) is 7.43. The van der Waals surface area contributed by atoms with Gasteiger partial charge in [0.05, 0.1) is 5.56 Å². The van der Waals surface area contributed by atoms with E-state index in [9.17, 15) is 18.0 Å². The van der Waals surface area contributed by atoms with Crippen molar-refractivity contribution in [3.05, 3.63) is 46.4 Å². The van der Waals surface area contributed by atoms with E-state index in [-0.39, 0.29) is 10.8 Å². The Hall–Kier alpha value is -1.78. The lowest BCUT2D eigenvalue weighted by molar-refractivity contribution is -0.136. The second kappa shape index (κ2) is 3.12. The molecule has 0 unspecified atom stereocenters. The summed E-state index contributed by atoms with van der Waals surface area (Å²) in [6, 6.07) is 5.64. The molecule has 0 atom stereocenters. The number of nitrogens with one attached hydrogen (secondary N) is 1. The Balaban J connectivity index is 2.90. The van der Waals surface area contributed by atoms with Gasteiger partial charge < -0.3 is 4.98 Å². The van der Waals surface area contributed by atoms with Crippen LogP contribution in [0.2, 0.25) is 0 Å². The van der Waals surface area contributed by atoms with Crippen LogP contribution in [0.25, 0.3) is 10.8 Å². The van der Waals surface area contributed by atoms with E-state index in [0.29, 0.717) is 6.20 Å². The number of rotatable bonds is 0. The molecule has 1 N–H and O–H groups in total. The first-order valence-electron chi connectivity index (χ1n) is 4.18. The summed E-state index contributed by atoms with van der Waals surface area (Å²) in [4.78, 5) is 13.3. The first-order chi connectivity index (χ1) is 7.00. The van der Waals surface area contributed by atoms with Gasteiger partial charge in [-0.2, -0.15) is 13.2 Å². The van der Waals surface area contributed by atoms with Crippen LogP contribution < -0.4 is 5.56 Å². The second-order valence-electron chi connectivity index (χ2n) is 3.07. The number of aromatic amines is 1. The van der Waals surface area contributed by atoms with E-state index < -0.39 is 17.3 Å². The molecule has 0 saturated carbocycles. The number of fused-ring (bicyclic) bond motifs is 1. The molecule has 5 heteroatoms. The third kappa shape index (κ3) is 1.60. The van der Waals surface area contributed by atoms with E-state index in [4.69, 9.17) is 0 Å². The first-order valence-corrected chi connectivity index (χ1v) is 4.18. The molecular weight excluding hydrogens is 207 g/mol. The zero-order valence-electron chi connectivity index (χ0n) is 7.43. The number of pyridine rings is 1. The maximum absolute atomic E-state index is 12.5. The fourth-order valence-electron chi connectivity index (χ4n) is 1.44. The van der Waals surface area contributed by atoms with E-state index in [1.807, 2.05) is 0 Å². The van der Waals surface area contributed by atoms with Crippen molar-refractivity contribution >= 4 is 10.8 Å². The highest BCUT2D eigenvalue weighted by molar-refractivity contribution is 5.84. The van der Waals surface area contributed by atoms with Crippen molar-refractivity contribution in [2.75, 3.05) is 0 Å². The molecule has 1 aromatic carbocycles. The van der Waals surface area contributed by atoms with E-state index in [2.05, 4.69) is 4.98 Å². The smallest absolute Gasteiger partial charge is 0.328 e. The normalized spacial score (nSPS) is 11.9. The minimum absolute atomic E-state index is 0.0484. The summed E-state index contributed by atoms with van der Waals surface area (Å²) >= 11 is 0. The van der Waals surface area contributed by atoms with Crippen LogP contribution in [-0.2, 0) is 6.18 Å². The Bertz CT molecular complexity index is 556. The van der Waals surface area contributed by atoms with Gasteiger partial charge in [0.2, 0.25) is 0 Å². The highest BCUT2D eigenvalue weighted by Crippen LogP contribution is 2.32. The molecule has 15 heavy (non-hydrogen) atoms. The van der Waals surface area contributed by atoms with E-state index in [1.54, 1.807) is 0 Å². The SMILES string of the molecule is O=c1[nH]cc(C(F)(F)F)c2ccccc12. The van der Waals surface area contributed by atoms with Gasteiger partial charge >= 0.3 is 6.18 Å². The molecule has 78 valence electrons. The maximum Gasteiger partial charge on any atom is 0.418 e. The summed E-state index contributed by atoms with van der Waals surface area (Å²) in [7, 11) is 0. The van der Waals surface area contributed by atoms with Crippen molar-refractivity contribution in [2.24, 2.45) is 0 Å². The standard InChI is InChI=1S/C10H6F3NO/c11-10(12,13)8-5-14-9(15)7-4-2-1-3-6(7)8/h1-5H,(H,14,15). The van der Waals surface area contributed by atoms with Gasteiger partial charge in [-0.1, -0.05) is 18.2 Å². The lowest BCUT2D eigenvalue weighted by Crippen LogP contribution is -2.13. The van der Waals surface area contributed by atoms with Crippen LogP contribution in [0, 0.1) is 0 Å². The molecule has 1 heterocycles. The fourth-order valence-corrected chi connectivity index (χ4v) is 1.44. The maximum atomic E-state index is 12.5. The lowest BCUT2D eigenvalue weighted by Gasteiger charge is -2.08. The molecule has 0 radical (unpaired) electrons. The van der Waals surface area contributed by atoms with Gasteiger partial charge in [-0.25, -0.2) is 0 Å². The topological polar surface area (TPSA) is 32.9 Å². The molecule has 0 aliphatic rings. The van der Waals surface area contributed by atoms with Crippen molar-refractivity contribution < 1.29 is 13.2 Å². The quantitative estimate of drug-likeness (QED) is 0.716. The molecule has 0 bridgehead atoms. The Labute approximate surface area is 82.4 Å². The second-order valence-corrected chi connectivity index (χ2v) is 3.07. The van der Waals surface area contributed by atoms with Crippen LogP contribution in [0.5, 0.6) is 0 Å². The van der Waals surface area contributed by atoms with Crippen LogP contribution in [0.4, 0.5) is 13.2 Å². The van der Waals surface area contributed by atoms with Gasteiger partial charge in [-0.05, 0) is 6.07 Å². The van der Waals surface area contributed by atoms with E-state index in [0.717, 1.165) is 0 Å². The Morgan fingerprint density at radius 1 is 1.07 bits per heavy atom. The monoisotopic (exact) mass is 213 g/mol. The van der Waals surface area contributed by atoms with Gasteiger partial charge in [-0.15, -0.1) is 0 Å². The molecule has 0 saturated heterocycles. The largest absolute Gasteiger partial charge is 0.418 e. The average molecular weight is 213 g/mol. The van der Waals surface area contributed by atoms with Crippen molar-refractivity contribution in [1.29, 1.82) is 0 Å². The van der Waals surface area contributed by atoms with Gasteiger partial charge in [0, 0.05) is 17.0 Å². The summed E-state index contributed by atoms with van der Waals surface area (Å²) in [5.74, 6) is 0. The number of halogens is 3. The molecule has 0 amide bonds. The van der Waals surface area contributed by atoms with Gasteiger partial charge in [0.1, 0.15) is 0 Å². The highest BCUT2D eigenvalue weighted by Gasteiger charge is 2.32. The molecular formula is C10H6F3NO. The third-order valence-electron chi connectivity index (χ3n) is 2.11. The summed E-state index contributed by atoms with van der Waals surface area (Å²) in [6.07, 6.45) is -3.76. The van der Waals surface area contributed by atoms with Crippen molar-refractivity contribution in [1.82, 2.24) is 4.98 Å². The first kappa shape index (κ1) is 9.76. The van der Waals surface area contributed by atoms with Crippen LogP contribution in [0.15, 0.2) is 35.3 Å².